The van der Waals surface area contributed by atoms with Crippen LogP contribution in [0.15, 0.2) is 54.7 Å². The highest BCUT2D eigenvalue weighted by Crippen LogP contribution is 2.33. The standard InChI is InChI=1S/C21H17Cl2F3N4O2/c22-13-3-7-15(8-4-13)29-18(31)2-1-11-27-20(32)17-12-28-30(19(17)21(24,25)26)16-9-5-14(23)6-10-16/h3-10,12H,1-2,11H2,(H,27,32)(H,29,31). The lowest BCUT2D eigenvalue weighted by molar-refractivity contribution is -0.143. The van der Waals surface area contributed by atoms with E-state index < -0.39 is 23.3 Å². The molecule has 0 saturated heterocycles. The fourth-order valence-corrected chi connectivity index (χ4v) is 3.12. The number of amides is 2. The molecule has 32 heavy (non-hydrogen) atoms. The van der Waals surface area contributed by atoms with Crippen LogP contribution in [0.3, 0.4) is 0 Å². The van der Waals surface area contributed by atoms with Gasteiger partial charge in [-0.2, -0.15) is 18.3 Å². The van der Waals surface area contributed by atoms with Crippen molar-refractivity contribution in [2.75, 3.05) is 11.9 Å². The first-order valence-electron chi connectivity index (χ1n) is 9.40. The number of carbonyl (C=O) groups is 2. The van der Waals surface area contributed by atoms with E-state index in [0.29, 0.717) is 20.4 Å². The number of nitrogens with zero attached hydrogens (tertiary/aromatic N) is 2. The summed E-state index contributed by atoms with van der Waals surface area (Å²) in [5.74, 6) is -1.23. The number of hydrogen-bond donors (Lipinski definition) is 2. The molecule has 0 saturated carbocycles. The molecule has 0 bridgehead atoms. The first kappa shape index (κ1) is 23.6. The fourth-order valence-electron chi connectivity index (χ4n) is 2.87. The quantitative estimate of drug-likeness (QED) is 0.444. The second kappa shape index (κ2) is 10.1. The highest BCUT2D eigenvalue weighted by Gasteiger charge is 2.40. The summed E-state index contributed by atoms with van der Waals surface area (Å²) < 4.78 is 41.6. The Hall–Kier alpha value is -3.04. The van der Waals surface area contributed by atoms with Gasteiger partial charge in [0, 0.05) is 28.7 Å². The van der Waals surface area contributed by atoms with E-state index in [9.17, 15) is 22.8 Å². The van der Waals surface area contributed by atoms with E-state index in [0.717, 1.165) is 6.20 Å². The largest absolute Gasteiger partial charge is 0.434 e. The highest BCUT2D eigenvalue weighted by molar-refractivity contribution is 6.30. The summed E-state index contributed by atoms with van der Waals surface area (Å²) in [7, 11) is 0. The SMILES string of the molecule is O=C(CCCNC(=O)c1cnn(-c2ccc(Cl)cc2)c1C(F)(F)F)Nc1ccc(Cl)cc1. The molecule has 0 unspecified atom stereocenters. The first-order valence-corrected chi connectivity index (χ1v) is 10.2. The molecule has 0 radical (unpaired) electrons. The van der Waals surface area contributed by atoms with Crippen molar-refractivity contribution >= 4 is 40.7 Å². The Morgan fingerprint density at radius 2 is 1.56 bits per heavy atom. The van der Waals surface area contributed by atoms with Crippen molar-refractivity contribution in [2.45, 2.75) is 19.0 Å². The van der Waals surface area contributed by atoms with Crippen LogP contribution in [0.1, 0.15) is 28.9 Å². The summed E-state index contributed by atoms with van der Waals surface area (Å²) in [6.07, 6.45) is -3.65. The third-order valence-corrected chi connectivity index (χ3v) is 4.85. The molecule has 0 aliphatic rings. The average Bonchev–Trinajstić information content (AvgIpc) is 3.19. The lowest BCUT2D eigenvalue weighted by Crippen LogP contribution is -2.28. The summed E-state index contributed by atoms with van der Waals surface area (Å²) in [6, 6.07) is 12.1. The lowest BCUT2D eigenvalue weighted by Gasteiger charge is -2.13. The molecular weight excluding hydrogens is 468 g/mol. The van der Waals surface area contributed by atoms with Crippen LogP contribution in [0.5, 0.6) is 0 Å². The summed E-state index contributed by atoms with van der Waals surface area (Å²) in [5, 5.41) is 9.68. The fraction of sp³-hybridized carbons (Fsp3) is 0.190. The molecule has 2 amide bonds. The van der Waals surface area contributed by atoms with Gasteiger partial charge >= 0.3 is 6.18 Å². The molecule has 2 aromatic carbocycles. The Morgan fingerprint density at radius 1 is 0.969 bits per heavy atom. The number of benzene rings is 2. The van der Waals surface area contributed by atoms with E-state index in [2.05, 4.69) is 15.7 Å². The number of aromatic nitrogens is 2. The molecule has 3 rings (SSSR count). The van der Waals surface area contributed by atoms with Crippen LogP contribution in [-0.2, 0) is 11.0 Å². The minimum Gasteiger partial charge on any atom is -0.352 e. The molecular formula is C21H17Cl2F3N4O2. The predicted octanol–water partition coefficient (Wildman–Crippen LogP) is 5.35. The monoisotopic (exact) mass is 484 g/mol. The van der Waals surface area contributed by atoms with Crippen LogP contribution in [0, 0.1) is 0 Å². The molecule has 0 atom stereocenters. The minimum atomic E-state index is -4.82. The van der Waals surface area contributed by atoms with Crippen LogP contribution in [0.2, 0.25) is 10.0 Å². The number of rotatable bonds is 7. The zero-order valence-electron chi connectivity index (χ0n) is 16.4. The van der Waals surface area contributed by atoms with Crippen LogP contribution in [0.25, 0.3) is 5.69 Å². The van der Waals surface area contributed by atoms with Crippen molar-refractivity contribution in [1.82, 2.24) is 15.1 Å². The van der Waals surface area contributed by atoms with Gasteiger partial charge in [-0.25, -0.2) is 4.68 Å². The summed E-state index contributed by atoms with van der Waals surface area (Å²) in [4.78, 5) is 24.3. The maximum absolute atomic E-state index is 13.7. The Labute approximate surface area is 191 Å². The van der Waals surface area contributed by atoms with Gasteiger partial charge in [-0.05, 0) is 55.0 Å². The lowest BCUT2D eigenvalue weighted by atomic mass is 10.2. The molecule has 3 aromatic rings. The van der Waals surface area contributed by atoms with Crippen LogP contribution in [-0.4, -0.2) is 28.1 Å². The van der Waals surface area contributed by atoms with Crippen molar-refractivity contribution < 1.29 is 22.8 Å². The Morgan fingerprint density at radius 3 is 2.16 bits per heavy atom. The van der Waals surface area contributed by atoms with E-state index in [4.69, 9.17) is 23.2 Å². The Bertz CT molecular complexity index is 1100. The van der Waals surface area contributed by atoms with Gasteiger partial charge < -0.3 is 10.6 Å². The first-order chi connectivity index (χ1) is 15.1. The van der Waals surface area contributed by atoms with Gasteiger partial charge in [0.1, 0.15) is 0 Å². The number of carbonyl (C=O) groups excluding carboxylic acids is 2. The van der Waals surface area contributed by atoms with Crippen molar-refractivity contribution in [2.24, 2.45) is 0 Å². The highest BCUT2D eigenvalue weighted by atomic mass is 35.5. The van der Waals surface area contributed by atoms with Gasteiger partial charge in [-0.1, -0.05) is 23.2 Å². The van der Waals surface area contributed by atoms with E-state index in [1.807, 2.05) is 0 Å². The Kier molecular flexibility index (Phi) is 7.42. The molecule has 0 fully saturated rings. The van der Waals surface area contributed by atoms with Crippen molar-refractivity contribution in [3.63, 3.8) is 0 Å². The number of anilines is 1. The molecule has 11 heteroatoms. The molecule has 0 aliphatic carbocycles. The van der Waals surface area contributed by atoms with E-state index in [1.54, 1.807) is 24.3 Å². The molecule has 1 heterocycles. The van der Waals surface area contributed by atoms with Crippen LogP contribution in [0.4, 0.5) is 18.9 Å². The van der Waals surface area contributed by atoms with Crippen molar-refractivity contribution in [3.8, 4) is 5.69 Å². The van der Waals surface area contributed by atoms with E-state index in [-0.39, 0.29) is 31.0 Å². The van der Waals surface area contributed by atoms with Crippen LogP contribution < -0.4 is 10.6 Å². The second-order valence-electron chi connectivity index (χ2n) is 6.71. The zero-order valence-corrected chi connectivity index (χ0v) is 17.9. The van der Waals surface area contributed by atoms with Gasteiger partial charge in [0.2, 0.25) is 5.91 Å². The Balaban J connectivity index is 1.60. The summed E-state index contributed by atoms with van der Waals surface area (Å²) in [5.41, 5.74) is -1.14. The number of alkyl halides is 3. The van der Waals surface area contributed by atoms with Crippen molar-refractivity contribution in [1.29, 1.82) is 0 Å². The van der Waals surface area contributed by atoms with Gasteiger partial charge in [-0.3, -0.25) is 9.59 Å². The summed E-state index contributed by atoms with van der Waals surface area (Å²) >= 11 is 11.6. The molecule has 0 spiro atoms. The molecule has 1 aromatic heterocycles. The topological polar surface area (TPSA) is 76.0 Å². The minimum absolute atomic E-state index is 0.0102. The molecule has 168 valence electrons. The number of hydrogen-bond acceptors (Lipinski definition) is 3. The maximum Gasteiger partial charge on any atom is 0.434 e. The van der Waals surface area contributed by atoms with E-state index >= 15 is 0 Å². The third kappa shape index (κ3) is 6.02. The van der Waals surface area contributed by atoms with E-state index in [1.165, 1.54) is 24.3 Å². The summed E-state index contributed by atoms with van der Waals surface area (Å²) in [6.45, 7) is 0.0102. The molecule has 2 N–H and O–H groups in total. The van der Waals surface area contributed by atoms with Gasteiger partial charge in [0.25, 0.3) is 5.91 Å². The zero-order chi connectivity index (χ0) is 23.3. The normalized spacial score (nSPS) is 11.3. The third-order valence-electron chi connectivity index (χ3n) is 4.35. The average molecular weight is 485 g/mol. The maximum atomic E-state index is 13.7. The number of halogens is 5. The second-order valence-corrected chi connectivity index (χ2v) is 7.58. The van der Waals surface area contributed by atoms with Gasteiger partial charge in [-0.15, -0.1) is 0 Å². The predicted molar refractivity (Wildman–Crippen MR) is 115 cm³/mol. The molecule has 0 aliphatic heterocycles. The molecule has 6 nitrogen and oxygen atoms in total. The number of nitrogens with one attached hydrogen (secondary N) is 2. The van der Waals surface area contributed by atoms with Crippen molar-refractivity contribution in [3.05, 3.63) is 76.0 Å². The van der Waals surface area contributed by atoms with Gasteiger partial charge in [0.05, 0.1) is 17.4 Å². The van der Waals surface area contributed by atoms with Gasteiger partial charge in [0.15, 0.2) is 5.69 Å². The van der Waals surface area contributed by atoms with Crippen LogP contribution >= 0.6 is 23.2 Å². The smallest absolute Gasteiger partial charge is 0.352 e.